The van der Waals surface area contributed by atoms with Crippen LogP contribution in [-0.4, -0.2) is 15.0 Å². The molecule has 0 aliphatic heterocycles. The summed E-state index contributed by atoms with van der Waals surface area (Å²) >= 11 is 1.81. The van der Waals surface area contributed by atoms with Gasteiger partial charge in [-0.25, -0.2) is 15.0 Å². The molecule has 0 aliphatic rings. The summed E-state index contributed by atoms with van der Waals surface area (Å²) in [4.78, 5) is 15.2. The van der Waals surface area contributed by atoms with Gasteiger partial charge in [0, 0.05) is 36.9 Å². The number of rotatable bonds is 6. The van der Waals surface area contributed by atoms with Crippen molar-refractivity contribution in [2.75, 3.05) is 0 Å². The Labute approximate surface area is 288 Å². The van der Waals surface area contributed by atoms with Crippen LogP contribution >= 0.6 is 11.3 Å². The highest BCUT2D eigenvalue weighted by molar-refractivity contribution is 7.26. The third kappa shape index (κ3) is 5.48. The zero-order chi connectivity index (χ0) is 32.6. The lowest BCUT2D eigenvalue weighted by Gasteiger charge is -2.09. The topological polar surface area (TPSA) is 38.7 Å². The average molecular weight is 644 g/mol. The Morgan fingerprint density at radius 3 is 1.33 bits per heavy atom. The lowest BCUT2D eigenvalue weighted by molar-refractivity contribution is 1.08. The van der Waals surface area contributed by atoms with Crippen LogP contribution in [0, 0.1) is 0 Å². The van der Waals surface area contributed by atoms with Crippen molar-refractivity contribution in [1.29, 1.82) is 0 Å². The van der Waals surface area contributed by atoms with Gasteiger partial charge in [0.25, 0.3) is 0 Å². The molecular formula is C45H29N3S. The average Bonchev–Trinajstić information content (AvgIpc) is 3.58. The Morgan fingerprint density at radius 1 is 0.286 bits per heavy atom. The molecule has 3 nitrogen and oxygen atoms in total. The second kappa shape index (κ2) is 12.4. The number of nitrogens with zero attached hydrogens (tertiary/aromatic N) is 3. The highest BCUT2D eigenvalue weighted by atomic mass is 32.1. The summed E-state index contributed by atoms with van der Waals surface area (Å²) < 4.78 is 2.42. The van der Waals surface area contributed by atoms with E-state index >= 15 is 0 Å². The van der Waals surface area contributed by atoms with Crippen LogP contribution in [0.5, 0.6) is 0 Å². The number of hydrogen-bond donors (Lipinski definition) is 0. The standard InChI is InChI=1S/C45H29N3S/c1-4-13-30(14-5-1)32-25-27-34(28-26-32)44-46-43(33-17-8-3-9-18-33)47-45(48-44)40-24-12-23-39-38-22-11-21-37(41(38)49-42(39)40)36-20-10-19-35(29-36)31-15-6-2-7-16-31/h1-29H. The van der Waals surface area contributed by atoms with Crippen LogP contribution in [0.15, 0.2) is 176 Å². The van der Waals surface area contributed by atoms with Gasteiger partial charge in [-0.15, -0.1) is 11.3 Å². The highest BCUT2D eigenvalue weighted by Gasteiger charge is 2.18. The maximum atomic E-state index is 5.13. The molecule has 4 heteroatoms. The molecule has 9 rings (SSSR count). The van der Waals surface area contributed by atoms with E-state index in [1.807, 2.05) is 35.6 Å². The monoisotopic (exact) mass is 643 g/mol. The smallest absolute Gasteiger partial charge is 0.165 e. The number of hydrogen-bond acceptors (Lipinski definition) is 4. The number of fused-ring (bicyclic) bond motifs is 3. The number of aromatic nitrogens is 3. The van der Waals surface area contributed by atoms with Crippen molar-refractivity contribution in [2.24, 2.45) is 0 Å². The van der Waals surface area contributed by atoms with Gasteiger partial charge in [-0.1, -0.05) is 164 Å². The fourth-order valence-electron chi connectivity index (χ4n) is 6.50. The molecule has 230 valence electrons. The lowest BCUT2D eigenvalue weighted by atomic mass is 9.98. The number of benzene rings is 7. The first kappa shape index (κ1) is 29.0. The normalized spacial score (nSPS) is 11.3. The minimum atomic E-state index is 0.653. The molecule has 9 aromatic rings. The van der Waals surface area contributed by atoms with Crippen molar-refractivity contribution >= 4 is 31.5 Å². The summed E-state index contributed by atoms with van der Waals surface area (Å²) in [5, 5.41) is 2.44. The molecule has 7 aromatic carbocycles. The largest absolute Gasteiger partial charge is 0.208 e. The molecule has 0 saturated heterocycles. The maximum Gasteiger partial charge on any atom is 0.165 e. The van der Waals surface area contributed by atoms with Gasteiger partial charge in [0.05, 0.1) is 0 Å². The Hall–Kier alpha value is -6.23. The quantitative estimate of drug-likeness (QED) is 0.181. The summed E-state index contributed by atoms with van der Waals surface area (Å²) in [7, 11) is 0. The van der Waals surface area contributed by atoms with Gasteiger partial charge in [-0.05, 0) is 45.5 Å². The molecule has 0 saturated carbocycles. The second-order valence-corrected chi connectivity index (χ2v) is 13.0. The van der Waals surface area contributed by atoms with Gasteiger partial charge in [-0.2, -0.15) is 0 Å². The van der Waals surface area contributed by atoms with Crippen LogP contribution in [0.3, 0.4) is 0 Å². The fourth-order valence-corrected chi connectivity index (χ4v) is 7.85. The van der Waals surface area contributed by atoms with Crippen molar-refractivity contribution in [3.63, 3.8) is 0 Å². The molecule has 2 aromatic heterocycles. The molecule has 0 spiro atoms. The minimum Gasteiger partial charge on any atom is -0.208 e. The minimum absolute atomic E-state index is 0.653. The Bertz CT molecular complexity index is 2580. The predicted octanol–water partition coefficient (Wildman–Crippen LogP) is 12.2. The molecule has 0 N–H and O–H groups in total. The predicted molar refractivity (Wildman–Crippen MR) is 205 cm³/mol. The first-order valence-electron chi connectivity index (χ1n) is 16.4. The summed E-state index contributed by atoms with van der Waals surface area (Å²) in [5.74, 6) is 1.98. The first-order chi connectivity index (χ1) is 24.3. The molecule has 0 aliphatic carbocycles. The third-order valence-electron chi connectivity index (χ3n) is 8.96. The van der Waals surface area contributed by atoms with E-state index in [0.29, 0.717) is 17.5 Å². The molecule has 0 bridgehead atoms. The maximum absolute atomic E-state index is 5.13. The van der Waals surface area contributed by atoms with Crippen LogP contribution in [0.25, 0.3) is 87.7 Å². The van der Waals surface area contributed by atoms with E-state index in [9.17, 15) is 0 Å². The van der Waals surface area contributed by atoms with Crippen LogP contribution in [-0.2, 0) is 0 Å². The molecule has 0 amide bonds. The molecule has 49 heavy (non-hydrogen) atoms. The van der Waals surface area contributed by atoms with Crippen LogP contribution in [0.4, 0.5) is 0 Å². The van der Waals surface area contributed by atoms with Gasteiger partial charge >= 0.3 is 0 Å². The first-order valence-corrected chi connectivity index (χ1v) is 17.2. The van der Waals surface area contributed by atoms with Crippen molar-refractivity contribution < 1.29 is 0 Å². The summed E-state index contributed by atoms with van der Waals surface area (Å²) in [5.41, 5.74) is 10.1. The second-order valence-electron chi connectivity index (χ2n) is 12.0. The zero-order valence-electron chi connectivity index (χ0n) is 26.5. The fraction of sp³-hybridized carbons (Fsp3) is 0. The van der Waals surface area contributed by atoms with Gasteiger partial charge in [0.15, 0.2) is 17.5 Å². The summed E-state index contributed by atoms with van der Waals surface area (Å²) in [6, 6.07) is 61.5. The van der Waals surface area contributed by atoms with Gasteiger partial charge in [-0.3, -0.25) is 0 Å². The molecule has 0 radical (unpaired) electrons. The van der Waals surface area contributed by atoms with E-state index in [1.165, 1.54) is 48.0 Å². The van der Waals surface area contributed by atoms with Crippen molar-refractivity contribution in [1.82, 2.24) is 15.0 Å². The van der Waals surface area contributed by atoms with Crippen molar-refractivity contribution in [3.05, 3.63) is 176 Å². The molecule has 0 atom stereocenters. The van der Waals surface area contributed by atoms with Gasteiger partial charge in [0.2, 0.25) is 0 Å². The lowest BCUT2D eigenvalue weighted by Crippen LogP contribution is -2.00. The third-order valence-corrected chi connectivity index (χ3v) is 10.3. The molecule has 2 heterocycles. The van der Waals surface area contributed by atoms with E-state index < -0.39 is 0 Å². The van der Waals surface area contributed by atoms with E-state index in [1.54, 1.807) is 0 Å². The van der Waals surface area contributed by atoms with Crippen molar-refractivity contribution in [3.8, 4) is 67.5 Å². The zero-order valence-corrected chi connectivity index (χ0v) is 27.3. The van der Waals surface area contributed by atoms with E-state index in [2.05, 4.69) is 152 Å². The van der Waals surface area contributed by atoms with Crippen molar-refractivity contribution in [2.45, 2.75) is 0 Å². The molecule has 0 unspecified atom stereocenters. The van der Waals surface area contributed by atoms with E-state index in [-0.39, 0.29) is 0 Å². The van der Waals surface area contributed by atoms with Crippen LogP contribution < -0.4 is 0 Å². The Kier molecular flexibility index (Phi) is 7.34. The van der Waals surface area contributed by atoms with E-state index in [4.69, 9.17) is 15.0 Å². The molecule has 0 fully saturated rings. The Balaban J connectivity index is 1.20. The van der Waals surface area contributed by atoms with E-state index in [0.717, 1.165) is 22.3 Å². The Morgan fingerprint density at radius 2 is 0.694 bits per heavy atom. The van der Waals surface area contributed by atoms with Crippen LogP contribution in [0.2, 0.25) is 0 Å². The summed E-state index contributed by atoms with van der Waals surface area (Å²) in [6.45, 7) is 0. The van der Waals surface area contributed by atoms with Crippen LogP contribution in [0.1, 0.15) is 0 Å². The van der Waals surface area contributed by atoms with Gasteiger partial charge < -0.3 is 0 Å². The summed E-state index contributed by atoms with van der Waals surface area (Å²) in [6.07, 6.45) is 0. The highest BCUT2D eigenvalue weighted by Crippen LogP contribution is 2.44. The molecular weight excluding hydrogens is 615 g/mol. The number of thiophene rings is 1. The SMILES string of the molecule is c1ccc(-c2ccc(-c3nc(-c4ccccc4)nc(-c4cccc5c4sc4c(-c6cccc(-c7ccccc7)c6)cccc45)n3)cc2)cc1. The van der Waals surface area contributed by atoms with Gasteiger partial charge in [0.1, 0.15) is 0 Å².